The van der Waals surface area contributed by atoms with Crippen molar-refractivity contribution in [2.24, 2.45) is 0 Å². The minimum atomic E-state index is -0.189. The molecule has 2 aromatic rings. The summed E-state index contributed by atoms with van der Waals surface area (Å²) in [5.74, 6) is 0.616. The summed E-state index contributed by atoms with van der Waals surface area (Å²) in [6, 6.07) is 13.8. The molecule has 0 aliphatic carbocycles. The molecule has 2 aromatic carbocycles. The Hall–Kier alpha value is -2.53. The van der Waals surface area contributed by atoms with Crippen LogP contribution >= 0.6 is 0 Å². The predicted octanol–water partition coefficient (Wildman–Crippen LogP) is 3.25. The van der Waals surface area contributed by atoms with Gasteiger partial charge in [0, 0.05) is 29.8 Å². The van der Waals surface area contributed by atoms with Gasteiger partial charge in [-0.15, -0.1) is 0 Å². The maximum atomic E-state index is 12.0. The summed E-state index contributed by atoms with van der Waals surface area (Å²) in [5, 5.41) is 0. The number of benzene rings is 2. The van der Waals surface area contributed by atoms with Crippen LogP contribution in [0, 0.1) is 0 Å². The number of likely N-dealkylation sites (N-methyl/N-ethyl adjacent to an activating group) is 1. The van der Waals surface area contributed by atoms with E-state index in [-0.39, 0.29) is 12.1 Å². The Bertz CT molecular complexity index is 758. The van der Waals surface area contributed by atoms with E-state index in [0.29, 0.717) is 25.1 Å². The zero-order chi connectivity index (χ0) is 17.8. The highest BCUT2D eigenvalue weighted by molar-refractivity contribution is 5.78. The molecule has 1 aliphatic heterocycles. The molecule has 1 atom stereocenters. The van der Waals surface area contributed by atoms with Crippen LogP contribution in [0.3, 0.4) is 0 Å². The van der Waals surface area contributed by atoms with Crippen molar-refractivity contribution in [1.29, 1.82) is 0 Å². The molecule has 5 heteroatoms. The van der Waals surface area contributed by atoms with E-state index in [2.05, 4.69) is 6.07 Å². The van der Waals surface area contributed by atoms with Gasteiger partial charge in [-0.05, 0) is 44.3 Å². The summed E-state index contributed by atoms with van der Waals surface area (Å²) in [7, 11) is 3.90. The first kappa shape index (κ1) is 17.3. The van der Waals surface area contributed by atoms with E-state index in [1.807, 2.05) is 55.4 Å². The van der Waals surface area contributed by atoms with Crippen LogP contribution < -0.4 is 10.5 Å². The largest absolute Gasteiger partial charge is 0.485 e. The highest BCUT2D eigenvalue weighted by Gasteiger charge is 2.26. The zero-order valence-electron chi connectivity index (χ0n) is 14.7. The fourth-order valence-electron chi connectivity index (χ4n) is 2.98. The highest BCUT2D eigenvalue weighted by Crippen LogP contribution is 2.44. The van der Waals surface area contributed by atoms with Crippen molar-refractivity contribution < 1.29 is 14.3 Å². The Balaban J connectivity index is 1.69. The molecule has 0 bridgehead atoms. The monoisotopic (exact) mass is 340 g/mol. The third-order valence-electron chi connectivity index (χ3n) is 4.28. The van der Waals surface area contributed by atoms with E-state index in [9.17, 15) is 4.79 Å². The van der Waals surface area contributed by atoms with Gasteiger partial charge in [0.25, 0.3) is 0 Å². The number of anilines is 1. The van der Waals surface area contributed by atoms with E-state index in [4.69, 9.17) is 15.2 Å². The lowest BCUT2D eigenvalue weighted by atomic mass is 9.91. The quantitative estimate of drug-likeness (QED) is 0.646. The van der Waals surface area contributed by atoms with Crippen molar-refractivity contribution >= 4 is 11.7 Å². The molecule has 0 radical (unpaired) electrons. The molecule has 0 saturated heterocycles. The van der Waals surface area contributed by atoms with Gasteiger partial charge < -0.3 is 20.1 Å². The lowest BCUT2D eigenvalue weighted by Gasteiger charge is -2.29. The van der Waals surface area contributed by atoms with Crippen LogP contribution in [0.5, 0.6) is 5.75 Å². The van der Waals surface area contributed by atoms with Crippen LogP contribution in [0.2, 0.25) is 0 Å². The van der Waals surface area contributed by atoms with E-state index >= 15 is 0 Å². The first-order chi connectivity index (χ1) is 12.0. The molecule has 1 unspecified atom stereocenters. The zero-order valence-corrected chi connectivity index (χ0v) is 14.7. The summed E-state index contributed by atoms with van der Waals surface area (Å²) < 4.78 is 11.4. The van der Waals surface area contributed by atoms with Crippen LogP contribution in [-0.4, -0.2) is 38.1 Å². The standard InChI is InChI=1S/C20H24N2O3/c1-22(2)11-12-24-20(23)10-9-18-16-6-4-3-5-15(16)17-13-14(21)7-8-19(17)25-18/h3-8,13,18H,9-12,21H2,1-2H3. The molecule has 0 aromatic heterocycles. The summed E-state index contributed by atoms with van der Waals surface area (Å²) in [5.41, 5.74) is 9.83. The van der Waals surface area contributed by atoms with Gasteiger partial charge in [0.05, 0.1) is 0 Å². The van der Waals surface area contributed by atoms with Gasteiger partial charge in [0.15, 0.2) is 0 Å². The smallest absolute Gasteiger partial charge is 0.305 e. The number of nitrogen functional groups attached to an aromatic ring is 1. The molecule has 0 amide bonds. The lowest BCUT2D eigenvalue weighted by molar-refractivity contribution is -0.144. The van der Waals surface area contributed by atoms with Crippen molar-refractivity contribution in [2.45, 2.75) is 18.9 Å². The summed E-state index contributed by atoms with van der Waals surface area (Å²) in [6.45, 7) is 1.14. The van der Waals surface area contributed by atoms with Gasteiger partial charge in [0.1, 0.15) is 18.5 Å². The van der Waals surface area contributed by atoms with E-state index in [1.54, 1.807) is 0 Å². The molecule has 5 nitrogen and oxygen atoms in total. The summed E-state index contributed by atoms with van der Waals surface area (Å²) in [6.07, 6.45) is 0.756. The fraction of sp³-hybridized carbons (Fsp3) is 0.350. The number of hydrogen-bond donors (Lipinski definition) is 1. The van der Waals surface area contributed by atoms with Crippen molar-refractivity contribution in [3.63, 3.8) is 0 Å². The Morgan fingerprint density at radius 1 is 1.20 bits per heavy atom. The summed E-state index contributed by atoms with van der Waals surface area (Å²) >= 11 is 0. The lowest BCUT2D eigenvalue weighted by Crippen LogP contribution is -2.21. The fourth-order valence-corrected chi connectivity index (χ4v) is 2.98. The van der Waals surface area contributed by atoms with Gasteiger partial charge in [-0.3, -0.25) is 4.79 Å². The second-order valence-electron chi connectivity index (χ2n) is 6.51. The van der Waals surface area contributed by atoms with Crippen LogP contribution in [0.4, 0.5) is 5.69 Å². The van der Waals surface area contributed by atoms with E-state index in [1.165, 1.54) is 0 Å². The Kier molecular flexibility index (Phi) is 5.24. The molecule has 1 aliphatic rings. The molecule has 0 spiro atoms. The number of fused-ring (bicyclic) bond motifs is 3. The Labute approximate surface area is 148 Å². The third kappa shape index (κ3) is 4.12. The molecule has 2 N–H and O–H groups in total. The first-order valence-corrected chi connectivity index (χ1v) is 8.50. The molecular formula is C20H24N2O3. The number of esters is 1. The Morgan fingerprint density at radius 3 is 2.80 bits per heavy atom. The minimum Gasteiger partial charge on any atom is -0.485 e. The normalized spacial score (nSPS) is 15.2. The maximum Gasteiger partial charge on any atom is 0.305 e. The highest BCUT2D eigenvalue weighted by atomic mass is 16.5. The second-order valence-corrected chi connectivity index (χ2v) is 6.51. The number of carbonyl (C=O) groups is 1. The van der Waals surface area contributed by atoms with Crippen LogP contribution in [0.15, 0.2) is 42.5 Å². The van der Waals surface area contributed by atoms with E-state index in [0.717, 1.165) is 29.0 Å². The SMILES string of the molecule is CN(C)CCOC(=O)CCC1Oc2ccc(N)cc2-c2ccccc21. The molecule has 132 valence electrons. The number of ether oxygens (including phenoxy) is 2. The van der Waals surface area contributed by atoms with Crippen LogP contribution in [-0.2, 0) is 9.53 Å². The van der Waals surface area contributed by atoms with Crippen molar-refractivity contribution in [1.82, 2.24) is 4.90 Å². The van der Waals surface area contributed by atoms with Gasteiger partial charge in [-0.2, -0.15) is 0 Å². The molecule has 25 heavy (non-hydrogen) atoms. The molecule has 0 saturated carbocycles. The topological polar surface area (TPSA) is 64.8 Å². The average Bonchev–Trinajstić information content (AvgIpc) is 2.59. The van der Waals surface area contributed by atoms with Gasteiger partial charge in [0.2, 0.25) is 0 Å². The summed E-state index contributed by atoms with van der Waals surface area (Å²) in [4.78, 5) is 13.9. The van der Waals surface area contributed by atoms with Gasteiger partial charge >= 0.3 is 5.97 Å². The number of nitrogens with two attached hydrogens (primary N) is 1. The molecule has 0 fully saturated rings. The maximum absolute atomic E-state index is 12.0. The number of nitrogens with zero attached hydrogens (tertiary/aromatic N) is 1. The first-order valence-electron chi connectivity index (χ1n) is 8.50. The number of hydrogen-bond acceptors (Lipinski definition) is 5. The van der Waals surface area contributed by atoms with E-state index < -0.39 is 0 Å². The van der Waals surface area contributed by atoms with Crippen molar-refractivity contribution in [3.8, 4) is 16.9 Å². The second kappa shape index (κ2) is 7.57. The average molecular weight is 340 g/mol. The van der Waals surface area contributed by atoms with Gasteiger partial charge in [-0.1, -0.05) is 24.3 Å². The Morgan fingerprint density at radius 2 is 2.00 bits per heavy atom. The predicted molar refractivity (Wildman–Crippen MR) is 98.4 cm³/mol. The van der Waals surface area contributed by atoms with Crippen LogP contribution in [0.1, 0.15) is 24.5 Å². The number of rotatable bonds is 6. The van der Waals surface area contributed by atoms with Gasteiger partial charge in [-0.25, -0.2) is 0 Å². The van der Waals surface area contributed by atoms with Crippen molar-refractivity contribution in [2.75, 3.05) is 33.0 Å². The minimum absolute atomic E-state index is 0.159. The molecule has 1 heterocycles. The van der Waals surface area contributed by atoms with Crippen LogP contribution in [0.25, 0.3) is 11.1 Å². The molecular weight excluding hydrogens is 316 g/mol. The molecule has 3 rings (SSSR count). The van der Waals surface area contributed by atoms with Crippen molar-refractivity contribution in [3.05, 3.63) is 48.0 Å². The third-order valence-corrected chi connectivity index (χ3v) is 4.28. The number of carbonyl (C=O) groups excluding carboxylic acids is 1.